The number of nitrogens with zero attached hydrogens (tertiary/aromatic N) is 3. The van der Waals surface area contributed by atoms with E-state index in [1.54, 1.807) is 14.2 Å². The monoisotopic (exact) mass is 533 g/mol. The van der Waals surface area contributed by atoms with Gasteiger partial charge in [0, 0.05) is 30.6 Å². The van der Waals surface area contributed by atoms with Gasteiger partial charge in [-0.25, -0.2) is 4.98 Å². The lowest BCUT2D eigenvalue weighted by Gasteiger charge is -2.39. The molecule has 0 bridgehead atoms. The summed E-state index contributed by atoms with van der Waals surface area (Å²) in [4.78, 5) is 46.5. The van der Waals surface area contributed by atoms with Crippen LogP contribution in [0, 0.1) is 6.92 Å². The second-order valence-electron chi connectivity index (χ2n) is 8.84. The number of methoxy groups -OCH3 is 1. The molecule has 3 amide bonds. The highest BCUT2D eigenvalue weighted by Crippen LogP contribution is 2.28. The number of aromatic nitrogens is 1. The minimum atomic E-state index is -0.815. The van der Waals surface area contributed by atoms with Gasteiger partial charge in [0.25, 0.3) is 5.91 Å². The average Bonchev–Trinajstić information content (AvgIpc) is 2.93. The second-order valence-corrected chi connectivity index (χ2v) is 9.93. The molecule has 2 heterocycles. The molecule has 3 aromatic rings. The van der Waals surface area contributed by atoms with Crippen LogP contribution in [0.2, 0.25) is 0 Å². The minimum Gasteiger partial charge on any atom is -0.497 e. The molecule has 4 rings (SSSR count). The summed E-state index contributed by atoms with van der Waals surface area (Å²) in [5.41, 5.74) is 2.53. The molecule has 198 valence electrons. The third kappa shape index (κ3) is 6.63. The van der Waals surface area contributed by atoms with Crippen LogP contribution >= 0.6 is 11.9 Å². The zero-order valence-corrected chi connectivity index (χ0v) is 22.5. The van der Waals surface area contributed by atoms with E-state index >= 15 is 0 Å². The number of benzene rings is 2. The molecule has 2 N–H and O–H groups in total. The molecular formula is C28H31N5O4S. The van der Waals surface area contributed by atoms with Crippen LogP contribution in [0.15, 0.2) is 71.6 Å². The Hall–Kier alpha value is -4.05. The maximum Gasteiger partial charge on any atom is 0.256 e. The number of carbonyl (C=O) groups is 3. The number of nitrogens with one attached hydrogen (secondary N) is 2. The zero-order valence-electron chi connectivity index (χ0n) is 21.6. The van der Waals surface area contributed by atoms with Crippen LogP contribution in [0.25, 0.3) is 0 Å². The Kier molecular flexibility index (Phi) is 8.85. The van der Waals surface area contributed by atoms with Gasteiger partial charge in [0.15, 0.2) is 0 Å². The van der Waals surface area contributed by atoms with Crippen molar-refractivity contribution >= 4 is 35.5 Å². The number of hydrogen-bond acceptors (Lipinski definition) is 7. The van der Waals surface area contributed by atoms with E-state index in [1.807, 2.05) is 73.7 Å². The Morgan fingerprint density at radius 2 is 1.82 bits per heavy atom. The van der Waals surface area contributed by atoms with Gasteiger partial charge < -0.3 is 20.3 Å². The summed E-state index contributed by atoms with van der Waals surface area (Å²) in [6.07, 6.45) is 0.280. The lowest BCUT2D eigenvalue weighted by molar-refractivity contribution is -0.152. The van der Waals surface area contributed by atoms with E-state index in [4.69, 9.17) is 4.74 Å². The lowest BCUT2D eigenvalue weighted by atomic mass is 10.0. The standard InChI is InChI=1S/C28H31N5O4S/c1-19-21(11-14-25(29-2)31-19)16-30-26(34)17-32-24(15-20-9-12-22(37-3)13-10-20)28(36)33(18-27(32)35)38-23-7-5-4-6-8-23/h4-14,24H,15-18H2,1-3H3,(H,29,31)(H,30,34)/t24-/m0/s1. The van der Waals surface area contributed by atoms with Gasteiger partial charge in [-0.05, 0) is 60.3 Å². The van der Waals surface area contributed by atoms with Gasteiger partial charge in [0.2, 0.25) is 11.8 Å². The third-order valence-electron chi connectivity index (χ3n) is 6.29. The Balaban J connectivity index is 1.49. The molecule has 9 nitrogen and oxygen atoms in total. The fraction of sp³-hybridized carbons (Fsp3) is 0.286. The van der Waals surface area contributed by atoms with Crippen LogP contribution in [0.5, 0.6) is 5.75 Å². The van der Waals surface area contributed by atoms with Gasteiger partial charge in [-0.3, -0.25) is 18.7 Å². The highest BCUT2D eigenvalue weighted by Gasteiger charge is 2.40. The molecule has 1 saturated heterocycles. The quantitative estimate of drug-likeness (QED) is 0.386. The largest absolute Gasteiger partial charge is 0.497 e. The second kappa shape index (κ2) is 12.5. The van der Waals surface area contributed by atoms with E-state index in [9.17, 15) is 14.4 Å². The van der Waals surface area contributed by atoms with Crippen molar-refractivity contribution in [2.45, 2.75) is 30.8 Å². The number of pyridine rings is 1. The average molecular weight is 534 g/mol. The first kappa shape index (κ1) is 27.0. The number of ether oxygens (including phenoxy) is 1. The van der Waals surface area contributed by atoms with E-state index in [0.29, 0.717) is 5.75 Å². The molecule has 1 aliphatic rings. The first-order valence-electron chi connectivity index (χ1n) is 12.3. The van der Waals surface area contributed by atoms with Crippen molar-refractivity contribution in [1.82, 2.24) is 19.5 Å². The number of carbonyl (C=O) groups excluding carboxylic acids is 3. The van der Waals surface area contributed by atoms with Crippen molar-refractivity contribution in [2.75, 3.05) is 32.6 Å². The van der Waals surface area contributed by atoms with Crippen molar-refractivity contribution in [2.24, 2.45) is 0 Å². The SMILES string of the molecule is CNc1ccc(CNC(=O)CN2C(=O)CN(Sc3ccccc3)C(=O)[C@@H]2Cc2ccc(OC)cc2)c(C)n1. The highest BCUT2D eigenvalue weighted by molar-refractivity contribution is 7.97. The van der Waals surface area contributed by atoms with Crippen molar-refractivity contribution in [3.05, 3.63) is 83.6 Å². The van der Waals surface area contributed by atoms with E-state index in [0.717, 1.165) is 27.5 Å². The summed E-state index contributed by atoms with van der Waals surface area (Å²) in [6.45, 7) is 1.82. The van der Waals surface area contributed by atoms with Gasteiger partial charge in [0.1, 0.15) is 30.7 Å². The predicted octanol–water partition coefficient (Wildman–Crippen LogP) is 3.05. The number of hydrogen-bond donors (Lipinski definition) is 2. The molecule has 0 radical (unpaired) electrons. The maximum absolute atomic E-state index is 13.6. The smallest absolute Gasteiger partial charge is 0.256 e. The number of rotatable bonds is 10. The van der Waals surface area contributed by atoms with Crippen LogP contribution < -0.4 is 15.4 Å². The van der Waals surface area contributed by atoms with Crippen LogP contribution in [0.1, 0.15) is 16.8 Å². The Bertz CT molecular complexity index is 1290. The summed E-state index contributed by atoms with van der Waals surface area (Å²) in [5.74, 6) is 0.606. The Labute approximate surface area is 226 Å². The van der Waals surface area contributed by atoms with Gasteiger partial charge in [-0.15, -0.1) is 0 Å². The first-order chi connectivity index (χ1) is 18.4. The summed E-state index contributed by atoms with van der Waals surface area (Å²) in [5, 5.41) is 5.86. The molecule has 38 heavy (non-hydrogen) atoms. The number of aryl methyl sites for hydroxylation is 1. The van der Waals surface area contributed by atoms with Crippen LogP contribution in [-0.2, 0) is 27.3 Å². The third-order valence-corrected chi connectivity index (χ3v) is 7.31. The molecule has 0 unspecified atom stereocenters. The molecule has 2 aromatic carbocycles. The maximum atomic E-state index is 13.6. The van der Waals surface area contributed by atoms with E-state index in [2.05, 4.69) is 15.6 Å². The fourth-order valence-electron chi connectivity index (χ4n) is 4.15. The van der Waals surface area contributed by atoms with Crippen molar-refractivity contribution in [1.29, 1.82) is 0 Å². The molecular weight excluding hydrogens is 502 g/mol. The van der Waals surface area contributed by atoms with Crippen LogP contribution in [-0.4, -0.2) is 65.2 Å². The van der Waals surface area contributed by atoms with Gasteiger partial charge in [0.05, 0.1) is 7.11 Å². The summed E-state index contributed by atoms with van der Waals surface area (Å²) < 4.78 is 6.72. The van der Waals surface area contributed by atoms with Crippen LogP contribution in [0.4, 0.5) is 5.82 Å². The Morgan fingerprint density at radius 1 is 1.08 bits per heavy atom. The Morgan fingerprint density at radius 3 is 2.47 bits per heavy atom. The summed E-state index contributed by atoms with van der Waals surface area (Å²) >= 11 is 1.23. The summed E-state index contributed by atoms with van der Waals surface area (Å²) in [6, 6.07) is 19.7. The molecule has 1 atom stereocenters. The molecule has 0 saturated carbocycles. The minimum absolute atomic E-state index is 0.112. The van der Waals surface area contributed by atoms with Crippen molar-refractivity contribution in [3.63, 3.8) is 0 Å². The first-order valence-corrected chi connectivity index (χ1v) is 13.0. The summed E-state index contributed by atoms with van der Waals surface area (Å²) in [7, 11) is 3.38. The van der Waals surface area contributed by atoms with Gasteiger partial charge >= 0.3 is 0 Å². The lowest BCUT2D eigenvalue weighted by Crippen LogP contribution is -2.60. The molecule has 1 aliphatic heterocycles. The molecule has 1 aromatic heterocycles. The van der Waals surface area contributed by atoms with E-state index in [-0.39, 0.29) is 43.8 Å². The molecule has 10 heteroatoms. The predicted molar refractivity (Wildman–Crippen MR) is 147 cm³/mol. The highest BCUT2D eigenvalue weighted by atomic mass is 32.2. The van der Waals surface area contributed by atoms with Gasteiger partial charge in [-0.2, -0.15) is 0 Å². The number of anilines is 1. The van der Waals surface area contributed by atoms with E-state index in [1.165, 1.54) is 21.2 Å². The van der Waals surface area contributed by atoms with Gasteiger partial charge in [-0.1, -0.05) is 36.4 Å². The van der Waals surface area contributed by atoms with E-state index < -0.39 is 6.04 Å². The molecule has 0 spiro atoms. The molecule has 0 aliphatic carbocycles. The number of amides is 3. The normalized spacial score (nSPS) is 15.4. The topological polar surface area (TPSA) is 104 Å². The number of piperazine rings is 1. The van der Waals surface area contributed by atoms with Crippen LogP contribution in [0.3, 0.4) is 0 Å². The van der Waals surface area contributed by atoms with Crippen molar-refractivity contribution in [3.8, 4) is 5.75 Å². The van der Waals surface area contributed by atoms with Crippen molar-refractivity contribution < 1.29 is 19.1 Å². The zero-order chi connectivity index (χ0) is 27.1. The molecule has 1 fully saturated rings. The fourth-order valence-corrected chi connectivity index (χ4v) is 5.07.